The van der Waals surface area contributed by atoms with Crippen molar-refractivity contribution in [2.45, 2.75) is 45.1 Å². The SMILES string of the molecule is CC1=C(C)C2C(=O)N=C(SCC(=O)Nc3ccc(S(=O)(=O)NC(C)(C)C)cc3)N=C2S1. The van der Waals surface area contributed by atoms with Crippen LogP contribution in [0.5, 0.6) is 0 Å². The fraction of sp³-hybridized carbons (Fsp3) is 0.400. The highest BCUT2D eigenvalue weighted by Crippen LogP contribution is 2.40. The van der Waals surface area contributed by atoms with Crippen LogP contribution in [0.1, 0.15) is 34.6 Å². The summed E-state index contributed by atoms with van der Waals surface area (Å²) in [6, 6.07) is 5.92. The van der Waals surface area contributed by atoms with Crippen molar-refractivity contribution in [3.8, 4) is 0 Å². The van der Waals surface area contributed by atoms with Gasteiger partial charge in [-0.3, -0.25) is 9.59 Å². The van der Waals surface area contributed by atoms with Crippen LogP contribution in [0.4, 0.5) is 5.69 Å². The van der Waals surface area contributed by atoms with Gasteiger partial charge in [-0.15, -0.1) is 0 Å². The van der Waals surface area contributed by atoms with Gasteiger partial charge < -0.3 is 5.32 Å². The summed E-state index contributed by atoms with van der Waals surface area (Å²) in [5, 5.41) is 3.68. The summed E-state index contributed by atoms with van der Waals surface area (Å²) in [5.74, 6) is -0.925. The fourth-order valence-electron chi connectivity index (χ4n) is 2.91. The zero-order valence-electron chi connectivity index (χ0n) is 17.8. The molecule has 2 aliphatic rings. The molecule has 3 rings (SSSR count). The minimum atomic E-state index is -3.64. The second kappa shape index (κ2) is 8.89. The third-order valence-corrected chi connectivity index (χ3v) is 8.16. The monoisotopic (exact) mass is 480 g/mol. The Kier molecular flexibility index (Phi) is 6.80. The van der Waals surface area contributed by atoms with Gasteiger partial charge in [-0.25, -0.2) is 18.1 Å². The first-order valence-electron chi connectivity index (χ1n) is 9.49. The number of anilines is 1. The summed E-state index contributed by atoms with van der Waals surface area (Å²) in [6.45, 7) is 9.14. The van der Waals surface area contributed by atoms with Crippen LogP contribution in [0.25, 0.3) is 0 Å². The first-order chi connectivity index (χ1) is 14.4. The van der Waals surface area contributed by atoms with Crippen LogP contribution in [0.3, 0.4) is 0 Å². The lowest BCUT2D eigenvalue weighted by Gasteiger charge is -2.20. The van der Waals surface area contributed by atoms with E-state index in [4.69, 9.17) is 0 Å². The summed E-state index contributed by atoms with van der Waals surface area (Å²) < 4.78 is 27.3. The second-order valence-electron chi connectivity index (χ2n) is 8.17. The zero-order chi connectivity index (χ0) is 23.0. The highest BCUT2D eigenvalue weighted by Gasteiger charge is 2.36. The second-order valence-corrected chi connectivity index (χ2v) is 12.0. The predicted octanol–water partition coefficient (Wildman–Crippen LogP) is 3.39. The number of carbonyl (C=O) groups excluding carboxylic acids is 2. The zero-order valence-corrected chi connectivity index (χ0v) is 20.3. The van der Waals surface area contributed by atoms with Crippen molar-refractivity contribution in [3.05, 3.63) is 34.7 Å². The van der Waals surface area contributed by atoms with E-state index in [1.54, 1.807) is 20.8 Å². The number of nitrogens with one attached hydrogen (secondary N) is 2. The van der Waals surface area contributed by atoms with Crippen molar-refractivity contribution >= 4 is 61.3 Å². The number of carbonyl (C=O) groups is 2. The van der Waals surface area contributed by atoms with Gasteiger partial charge in [0.2, 0.25) is 15.9 Å². The maximum absolute atomic E-state index is 12.3. The normalized spacial score (nSPS) is 19.1. The molecule has 8 nitrogen and oxygen atoms in total. The number of nitrogens with zero attached hydrogens (tertiary/aromatic N) is 2. The van der Waals surface area contributed by atoms with E-state index in [0.717, 1.165) is 22.2 Å². The lowest BCUT2D eigenvalue weighted by molar-refractivity contribution is -0.118. The van der Waals surface area contributed by atoms with E-state index in [-0.39, 0.29) is 33.5 Å². The first-order valence-corrected chi connectivity index (χ1v) is 12.8. The third kappa shape index (κ3) is 5.85. The lowest BCUT2D eigenvalue weighted by atomic mass is 10.0. The molecule has 2 aliphatic heterocycles. The van der Waals surface area contributed by atoms with Gasteiger partial charge in [0.1, 0.15) is 5.92 Å². The van der Waals surface area contributed by atoms with Gasteiger partial charge in [0.25, 0.3) is 5.91 Å². The van der Waals surface area contributed by atoms with Crippen molar-refractivity contribution in [1.29, 1.82) is 0 Å². The maximum Gasteiger partial charge on any atom is 0.262 e. The van der Waals surface area contributed by atoms with Crippen LogP contribution in [0.2, 0.25) is 0 Å². The van der Waals surface area contributed by atoms with Crippen molar-refractivity contribution < 1.29 is 18.0 Å². The van der Waals surface area contributed by atoms with Crippen molar-refractivity contribution in [1.82, 2.24) is 4.72 Å². The molecule has 0 aromatic heterocycles. The minimum Gasteiger partial charge on any atom is -0.325 e. The quantitative estimate of drug-likeness (QED) is 0.667. The largest absolute Gasteiger partial charge is 0.325 e. The molecule has 0 bridgehead atoms. The van der Waals surface area contributed by atoms with Crippen LogP contribution < -0.4 is 10.0 Å². The van der Waals surface area contributed by atoms with E-state index < -0.39 is 15.6 Å². The lowest BCUT2D eigenvalue weighted by Crippen LogP contribution is -2.40. The highest BCUT2D eigenvalue weighted by molar-refractivity contribution is 8.18. The summed E-state index contributed by atoms with van der Waals surface area (Å²) in [7, 11) is -3.64. The summed E-state index contributed by atoms with van der Waals surface area (Å²) in [5.41, 5.74) is 0.845. The van der Waals surface area contributed by atoms with Crippen LogP contribution in [-0.2, 0) is 19.6 Å². The Labute approximate surface area is 190 Å². The van der Waals surface area contributed by atoms with E-state index >= 15 is 0 Å². The smallest absolute Gasteiger partial charge is 0.262 e. The molecular formula is C20H24N4O4S3. The number of fused-ring (bicyclic) bond motifs is 1. The van der Waals surface area contributed by atoms with Crippen LogP contribution in [0.15, 0.2) is 49.6 Å². The van der Waals surface area contributed by atoms with E-state index in [9.17, 15) is 18.0 Å². The Morgan fingerprint density at radius 2 is 1.81 bits per heavy atom. The molecule has 2 amide bonds. The summed E-state index contributed by atoms with van der Waals surface area (Å²) in [4.78, 5) is 34.2. The standard InChI is InChI=1S/C20H24N4O4S3/c1-11-12(2)30-18-16(11)17(26)22-19(23-18)29-10-15(25)21-13-6-8-14(9-7-13)31(27,28)24-20(3,4)5/h6-9,16,24H,10H2,1-5H3,(H,21,25). The predicted molar refractivity (Wildman–Crippen MR) is 127 cm³/mol. The summed E-state index contributed by atoms with van der Waals surface area (Å²) in [6.07, 6.45) is 0. The van der Waals surface area contributed by atoms with Crippen molar-refractivity contribution in [2.75, 3.05) is 11.1 Å². The molecule has 11 heteroatoms. The molecule has 1 atom stereocenters. The maximum atomic E-state index is 12.3. The number of sulfonamides is 1. The minimum absolute atomic E-state index is 0.0231. The topological polar surface area (TPSA) is 117 Å². The molecule has 0 spiro atoms. The Balaban J connectivity index is 1.57. The van der Waals surface area contributed by atoms with E-state index in [2.05, 4.69) is 20.0 Å². The van der Waals surface area contributed by atoms with E-state index in [1.807, 2.05) is 13.8 Å². The number of hydrogen-bond donors (Lipinski definition) is 2. The van der Waals surface area contributed by atoms with Crippen molar-refractivity contribution in [3.63, 3.8) is 0 Å². The van der Waals surface area contributed by atoms with Crippen molar-refractivity contribution in [2.24, 2.45) is 15.9 Å². The Bertz CT molecular complexity index is 1110. The average molecular weight is 481 g/mol. The molecule has 1 aromatic carbocycles. The molecule has 1 aromatic rings. The molecule has 0 saturated heterocycles. The van der Waals surface area contributed by atoms with E-state index in [0.29, 0.717) is 10.7 Å². The molecule has 0 radical (unpaired) electrons. The molecule has 0 fully saturated rings. The number of thioether (sulfide) groups is 2. The molecule has 166 valence electrons. The van der Waals surface area contributed by atoms with Crippen LogP contribution >= 0.6 is 23.5 Å². The average Bonchev–Trinajstić information content (AvgIpc) is 2.93. The first kappa shape index (κ1) is 23.7. The van der Waals surface area contributed by atoms with Gasteiger partial charge in [-0.1, -0.05) is 23.5 Å². The number of hydrogen-bond acceptors (Lipinski definition) is 7. The number of benzene rings is 1. The van der Waals surface area contributed by atoms with Gasteiger partial charge in [0, 0.05) is 11.2 Å². The number of allylic oxidation sites excluding steroid dienone is 1. The van der Waals surface area contributed by atoms with Gasteiger partial charge in [-0.2, -0.15) is 4.99 Å². The molecule has 1 unspecified atom stereocenters. The molecule has 0 aliphatic carbocycles. The number of amides is 2. The Hall–Kier alpha value is -1.95. The van der Waals surface area contributed by atoms with Crippen LogP contribution in [0, 0.1) is 5.92 Å². The fourth-order valence-corrected chi connectivity index (χ4v) is 6.16. The number of rotatable bonds is 5. The third-order valence-electron chi connectivity index (χ3n) is 4.37. The van der Waals surface area contributed by atoms with Gasteiger partial charge in [0.15, 0.2) is 5.17 Å². The van der Waals surface area contributed by atoms with Gasteiger partial charge in [-0.05, 0) is 69.4 Å². The Morgan fingerprint density at radius 3 is 2.42 bits per heavy atom. The molecule has 2 heterocycles. The Morgan fingerprint density at radius 1 is 1.16 bits per heavy atom. The highest BCUT2D eigenvalue weighted by atomic mass is 32.2. The van der Waals surface area contributed by atoms with Crippen LogP contribution in [-0.4, -0.2) is 41.7 Å². The van der Waals surface area contributed by atoms with Gasteiger partial charge >= 0.3 is 0 Å². The molecule has 0 saturated carbocycles. The summed E-state index contributed by atoms with van der Waals surface area (Å²) >= 11 is 2.55. The molecular weight excluding hydrogens is 456 g/mol. The molecule has 2 N–H and O–H groups in total. The van der Waals surface area contributed by atoms with Gasteiger partial charge in [0.05, 0.1) is 15.7 Å². The number of amidine groups is 1. The number of aliphatic imine (C=N–C) groups is 2. The molecule has 31 heavy (non-hydrogen) atoms. The van der Waals surface area contributed by atoms with E-state index in [1.165, 1.54) is 36.0 Å².